The van der Waals surface area contributed by atoms with Crippen molar-refractivity contribution < 1.29 is 17.1 Å². The molecule has 0 unspecified atom stereocenters. The second-order valence-corrected chi connectivity index (χ2v) is 8.67. The van der Waals surface area contributed by atoms with Crippen molar-refractivity contribution in [3.05, 3.63) is 47.5 Å². The van der Waals surface area contributed by atoms with Crippen LogP contribution in [0.1, 0.15) is 115 Å². The molecule has 0 saturated carbocycles. The zero-order valence-corrected chi connectivity index (χ0v) is 20.0. The molecule has 0 fully saturated rings. The van der Waals surface area contributed by atoms with Crippen molar-refractivity contribution in [3.8, 4) is 0 Å². The number of benzene rings is 2. The molecule has 0 nitrogen and oxygen atoms in total. The molecule has 2 aromatic rings. The van der Waals surface area contributed by atoms with Crippen molar-refractivity contribution in [3.63, 3.8) is 0 Å². The van der Waals surface area contributed by atoms with Crippen LogP contribution in [0.3, 0.4) is 0 Å². The normalized spacial score (nSPS) is 11.0. The number of aryl methyl sites for hydroxylation is 2. The molecule has 2 rings (SSSR count). The summed E-state index contributed by atoms with van der Waals surface area (Å²) < 4.78 is 0. The zero-order chi connectivity index (χ0) is 19.9. The van der Waals surface area contributed by atoms with Gasteiger partial charge in [0.05, 0.1) is 0 Å². The van der Waals surface area contributed by atoms with Crippen LogP contribution in [0.5, 0.6) is 0 Å². The Labute approximate surface area is 191 Å². The molecule has 1 heteroatoms. The fourth-order valence-electron chi connectivity index (χ4n) is 4.44. The van der Waals surface area contributed by atoms with E-state index in [0.29, 0.717) is 0 Å². The molecular weight excluding hydrogens is 400 g/mol. The van der Waals surface area contributed by atoms with Crippen molar-refractivity contribution >= 4 is 10.8 Å². The molecule has 0 atom stereocenters. The SMILES string of the molecule is CCCCCCCCCc1ccc2ccccc2c1CCCCCCCCC.[Cu]. The fraction of sp³-hybridized carbons (Fsp3) is 0.643. The molecule has 167 valence electrons. The number of rotatable bonds is 16. The Kier molecular flexibility index (Phi) is 15.4. The van der Waals surface area contributed by atoms with Crippen molar-refractivity contribution in [2.24, 2.45) is 0 Å². The summed E-state index contributed by atoms with van der Waals surface area (Å²) in [4.78, 5) is 0. The Morgan fingerprint density at radius 1 is 0.517 bits per heavy atom. The minimum Gasteiger partial charge on any atom is -0.0654 e. The van der Waals surface area contributed by atoms with Gasteiger partial charge in [0.25, 0.3) is 0 Å². The van der Waals surface area contributed by atoms with Crippen LogP contribution in [0.15, 0.2) is 36.4 Å². The summed E-state index contributed by atoms with van der Waals surface area (Å²) in [5, 5.41) is 2.93. The number of hydrogen-bond acceptors (Lipinski definition) is 0. The van der Waals surface area contributed by atoms with Crippen molar-refractivity contribution in [1.29, 1.82) is 0 Å². The fourth-order valence-corrected chi connectivity index (χ4v) is 4.44. The van der Waals surface area contributed by atoms with Crippen LogP contribution in [0.4, 0.5) is 0 Å². The molecule has 0 bridgehead atoms. The summed E-state index contributed by atoms with van der Waals surface area (Å²) in [5.74, 6) is 0. The standard InChI is InChI=1S/C28H44.Cu/c1-3-5-7-9-11-13-15-19-25-23-24-26-20-17-18-22-28(26)27(25)21-16-14-12-10-8-6-4-2;/h17-18,20,22-24H,3-16,19,21H2,1-2H3;. The van der Waals surface area contributed by atoms with Gasteiger partial charge in [0.1, 0.15) is 0 Å². The van der Waals surface area contributed by atoms with Gasteiger partial charge in [-0.2, -0.15) is 0 Å². The van der Waals surface area contributed by atoms with Gasteiger partial charge in [-0.1, -0.05) is 127 Å². The molecule has 0 aromatic heterocycles. The van der Waals surface area contributed by atoms with Crippen LogP contribution in [0.25, 0.3) is 10.8 Å². The van der Waals surface area contributed by atoms with Crippen LogP contribution in [-0.2, 0) is 29.9 Å². The smallest absolute Gasteiger partial charge is 0 e. The van der Waals surface area contributed by atoms with E-state index in [1.165, 1.54) is 114 Å². The first-order valence-corrected chi connectivity index (χ1v) is 12.4. The third-order valence-electron chi connectivity index (χ3n) is 6.22. The molecule has 2 aromatic carbocycles. The van der Waals surface area contributed by atoms with Crippen molar-refractivity contribution in [2.45, 2.75) is 117 Å². The maximum absolute atomic E-state index is 2.43. The van der Waals surface area contributed by atoms with Crippen LogP contribution >= 0.6 is 0 Å². The van der Waals surface area contributed by atoms with E-state index in [4.69, 9.17) is 0 Å². The van der Waals surface area contributed by atoms with Gasteiger partial charge < -0.3 is 0 Å². The first kappa shape index (κ1) is 26.3. The average Bonchev–Trinajstić information content (AvgIpc) is 2.73. The van der Waals surface area contributed by atoms with Gasteiger partial charge >= 0.3 is 0 Å². The van der Waals surface area contributed by atoms with Crippen LogP contribution in [0, 0.1) is 0 Å². The van der Waals surface area contributed by atoms with E-state index in [2.05, 4.69) is 50.2 Å². The number of fused-ring (bicyclic) bond motifs is 1. The summed E-state index contributed by atoms with van der Waals surface area (Å²) in [5.41, 5.74) is 3.27. The summed E-state index contributed by atoms with van der Waals surface area (Å²) in [6.45, 7) is 4.60. The van der Waals surface area contributed by atoms with Gasteiger partial charge in [-0.25, -0.2) is 0 Å². The van der Waals surface area contributed by atoms with Crippen LogP contribution in [0.2, 0.25) is 0 Å². The summed E-state index contributed by atoms with van der Waals surface area (Å²) in [7, 11) is 0. The van der Waals surface area contributed by atoms with Gasteiger partial charge in [-0.05, 0) is 47.6 Å². The quantitative estimate of drug-likeness (QED) is 0.179. The van der Waals surface area contributed by atoms with E-state index in [-0.39, 0.29) is 17.1 Å². The summed E-state index contributed by atoms with van der Waals surface area (Å²) in [6, 6.07) is 13.8. The molecule has 0 amide bonds. The molecule has 0 aliphatic heterocycles. The van der Waals surface area contributed by atoms with Crippen LogP contribution < -0.4 is 0 Å². The first-order chi connectivity index (χ1) is 13.9. The van der Waals surface area contributed by atoms with Gasteiger partial charge in [-0.3, -0.25) is 0 Å². The minimum atomic E-state index is 0. The molecule has 0 saturated heterocycles. The third kappa shape index (κ3) is 10.2. The zero-order valence-electron chi connectivity index (χ0n) is 19.1. The third-order valence-corrected chi connectivity index (χ3v) is 6.22. The molecule has 0 aliphatic rings. The molecule has 0 N–H and O–H groups in total. The Hall–Kier alpha value is -0.781. The molecular formula is C28H44Cu. The molecule has 0 aliphatic carbocycles. The van der Waals surface area contributed by atoms with E-state index in [0.717, 1.165) is 0 Å². The summed E-state index contributed by atoms with van der Waals surface area (Å²) >= 11 is 0. The van der Waals surface area contributed by atoms with E-state index in [1.807, 2.05) is 0 Å². The Bertz CT molecular complexity index is 646. The molecule has 29 heavy (non-hydrogen) atoms. The second kappa shape index (κ2) is 17.0. The van der Waals surface area contributed by atoms with E-state index in [1.54, 1.807) is 11.1 Å². The molecule has 0 heterocycles. The average molecular weight is 444 g/mol. The Morgan fingerprint density at radius 3 is 1.66 bits per heavy atom. The van der Waals surface area contributed by atoms with Gasteiger partial charge in [0.2, 0.25) is 0 Å². The maximum Gasteiger partial charge on any atom is 0 e. The summed E-state index contributed by atoms with van der Waals surface area (Å²) in [6.07, 6.45) is 22.1. The second-order valence-electron chi connectivity index (χ2n) is 8.67. The largest absolute Gasteiger partial charge is 0.0654 e. The van der Waals surface area contributed by atoms with Gasteiger partial charge in [-0.15, -0.1) is 0 Å². The van der Waals surface area contributed by atoms with Gasteiger partial charge in [0, 0.05) is 17.1 Å². The van der Waals surface area contributed by atoms with Crippen LogP contribution in [-0.4, -0.2) is 0 Å². The molecule has 0 spiro atoms. The van der Waals surface area contributed by atoms with Crippen molar-refractivity contribution in [1.82, 2.24) is 0 Å². The molecule has 1 radical (unpaired) electrons. The minimum absolute atomic E-state index is 0. The number of hydrogen-bond donors (Lipinski definition) is 0. The monoisotopic (exact) mass is 443 g/mol. The predicted molar refractivity (Wildman–Crippen MR) is 127 cm³/mol. The Morgan fingerprint density at radius 2 is 1.03 bits per heavy atom. The van der Waals surface area contributed by atoms with E-state index in [9.17, 15) is 0 Å². The first-order valence-electron chi connectivity index (χ1n) is 12.4. The Balaban J connectivity index is 0.00000420. The topological polar surface area (TPSA) is 0 Å². The predicted octanol–water partition coefficient (Wildman–Crippen LogP) is 9.42. The maximum atomic E-state index is 2.43. The number of unbranched alkanes of at least 4 members (excludes halogenated alkanes) is 12. The van der Waals surface area contributed by atoms with E-state index >= 15 is 0 Å². The van der Waals surface area contributed by atoms with E-state index < -0.39 is 0 Å². The van der Waals surface area contributed by atoms with Gasteiger partial charge in [0.15, 0.2) is 0 Å². The van der Waals surface area contributed by atoms with Crippen molar-refractivity contribution in [2.75, 3.05) is 0 Å².